The van der Waals surface area contributed by atoms with Gasteiger partial charge in [-0.15, -0.1) is 0 Å². The summed E-state index contributed by atoms with van der Waals surface area (Å²) in [4.78, 5) is 25.1. The summed E-state index contributed by atoms with van der Waals surface area (Å²) in [6.45, 7) is 5.70. The molecule has 0 aliphatic carbocycles. The van der Waals surface area contributed by atoms with Crippen molar-refractivity contribution in [2.45, 2.75) is 33.2 Å². The third-order valence-electron chi connectivity index (χ3n) is 2.91. The summed E-state index contributed by atoms with van der Waals surface area (Å²) in [6.07, 6.45) is 0.0570. The second-order valence-electron chi connectivity index (χ2n) is 4.78. The number of benzene rings is 1. The van der Waals surface area contributed by atoms with E-state index in [0.29, 0.717) is 0 Å². The van der Waals surface area contributed by atoms with Gasteiger partial charge in [-0.1, -0.05) is 0 Å². The van der Waals surface area contributed by atoms with E-state index in [1.54, 1.807) is 20.8 Å². The molecule has 0 spiro atoms. The van der Waals surface area contributed by atoms with E-state index < -0.39 is 23.5 Å². The molecule has 0 unspecified atom stereocenters. The molecule has 0 radical (unpaired) electrons. The van der Waals surface area contributed by atoms with Crippen LogP contribution in [0.3, 0.4) is 0 Å². The van der Waals surface area contributed by atoms with Gasteiger partial charge in [-0.25, -0.2) is 8.78 Å². The molecule has 0 aliphatic rings. The minimum Gasteiger partial charge on any atom is -0.466 e. The van der Waals surface area contributed by atoms with Crippen molar-refractivity contribution in [3.05, 3.63) is 35.4 Å². The Bertz CT molecular complexity index is 518. The van der Waals surface area contributed by atoms with E-state index in [1.165, 1.54) is 11.0 Å². The van der Waals surface area contributed by atoms with Gasteiger partial charge in [0, 0.05) is 18.2 Å². The first-order valence-electron chi connectivity index (χ1n) is 6.78. The van der Waals surface area contributed by atoms with Crippen molar-refractivity contribution in [1.82, 2.24) is 4.90 Å². The molecule has 0 atom stereocenters. The van der Waals surface area contributed by atoms with E-state index in [9.17, 15) is 18.4 Å². The van der Waals surface area contributed by atoms with Crippen molar-refractivity contribution in [2.24, 2.45) is 0 Å². The fraction of sp³-hybridized carbons (Fsp3) is 0.467. The standard InChI is InChI=1S/C15H19F2NO3/c1-4-21-14(19)7-8-18(10(2)3)15(20)11-5-6-12(16)13(17)9-11/h5-6,9-10H,4,7-8H2,1-3H3. The highest BCUT2D eigenvalue weighted by atomic mass is 19.2. The van der Waals surface area contributed by atoms with Gasteiger partial charge in [0.25, 0.3) is 5.91 Å². The molecule has 0 aliphatic heterocycles. The number of hydrogen-bond donors (Lipinski definition) is 0. The van der Waals surface area contributed by atoms with Crippen molar-refractivity contribution in [2.75, 3.05) is 13.2 Å². The predicted molar refractivity (Wildman–Crippen MR) is 73.8 cm³/mol. The molecule has 0 aromatic heterocycles. The number of carbonyl (C=O) groups is 2. The van der Waals surface area contributed by atoms with E-state index in [0.717, 1.165) is 12.1 Å². The maximum atomic E-state index is 13.2. The van der Waals surface area contributed by atoms with Crippen LogP contribution in [0.25, 0.3) is 0 Å². The summed E-state index contributed by atoms with van der Waals surface area (Å²) in [5.41, 5.74) is 0.0476. The van der Waals surface area contributed by atoms with Crippen LogP contribution in [0.1, 0.15) is 37.6 Å². The van der Waals surface area contributed by atoms with Gasteiger partial charge in [-0.05, 0) is 39.0 Å². The second-order valence-corrected chi connectivity index (χ2v) is 4.78. The van der Waals surface area contributed by atoms with E-state index in [-0.39, 0.29) is 31.2 Å². The van der Waals surface area contributed by atoms with Crippen LogP contribution in [0.2, 0.25) is 0 Å². The van der Waals surface area contributed by atoms with Crippen LogP contribution in [0.4, 0.5) is 8.78 Å². The van der Waals surface area contributed by atoms with E-state index in [4.69, 9.17) is 4.74 Å². The van der Waals surface area contributed by atoms with Gasteiger partial charge in [0.2, 0.25) is 0 Å². The molecule has 116 valence electrons. The number of nitrogens with zero attached hydrogens (tertiary/aromatic N) is 1. The summed E-state index contributed by atoms with van der Waals surface area (Å²) in [7, 11) is 0. The van der Waals surface area contributed by atoms with Crippen LogP contribution in [0, 0.1) is 11.6 Å². The highest BCUT2D eigenvalue weighted by molar-refractivity contribution is 5.94. The van der Waals surface area contributed by atoms with Crippen molar-refractivity contribution >= 4 is 11.9 Å². The maximum Gasteiger partial charge on any atom is 0.307 e. The molecular weight excluding hydrogens is 280 g/mol. The van der Waals surface area contributed by atoms with Crippen molar-refractivity contribution < 1.29 is 23.1 Å². The van der Waals surface area contributed by atoms with Gasteiger partial charge < -0.3 is 9.64 Å². The molecule has 21 heavy (non-hydrogen) atoms. The third-order valence-corrected chi connectivity index (χ3v) is 2.91. The molecule has 1 aromatic carbocycles. The van der Waals surface area contributed by atoms with Gasteiger partial charge in [-0.2, -0.15) is 0 Å². The fourth-order valence-corrected chi connectivity index (χ4v) is 1.83. The Morgan fingerprint density at radius 2 is 1.90 bits per heavy atom. The Hall–Kier alpha value is -1.98. The first-order chi connectivity index (χ1) is 9.86. The topological polar surface area (TPSA) is 46.6 Å². The molecule has 4 nitrogen and oxygen atoms in total. The summed E-state index contributed by atoms with van der Waals surface area (Å²) < 4.78 is 30.9. The lowest BCUT2D eigenvalue weighted by Crippen LogP contribution is -2.38. The molecule has 1 amide bonds. The fourth-order valence-electron chi connectivity index (χ4n) is 1.83. The number of carbonyl (C=O) groups excluding carboxylic acids is 2. The normalized spacial score (nSPS) is 10.6. The molecule has 0 saturated heterocycles. The monoisotopic (exact) mass is 299 g/mol. The number of esters is 1. The molecule has 0 fully saturated rings. The predicted octanol–water partition coefficient (Wildman–Crippen LogP) is 2.77. The summed E-state index contributed by atoms with van der Waals surface area (Å²) in [5, 5.41) is 0. The van der Waals surface area contributed by atoms with Crippen molar-refractivity contribution in [3.8, 4) is 0 Å². The van der Waals surface area contributed by atoms with Crippen molar-refractivity contribution in [1.29, 1.82) is 0 Å². The molecule has 0 heterocycles. The molecule has 0 N–H and O–H groups in total. The average Bonchev–Trinajstić information content (AvgIpc) is 2.41. The zero-order valence-electron chi connectivity index (χ0n) is 12.4. The summed E-state index contributed by atoms with van der Waals surface area (Å²) in [5.74, 6) is -2.93. The Balaban J connectivity index is 2.82. The smallest absolute Gasteiger partial charge is 0.307 e. The maximum absolute atomic E-state index is 13.2. The SMILES string of the molecule is CCOC(=O)CCN(C(=O)c1ccc(F)c(F)c1)C(C)C. The Morgan fingerprint density at radius 3 is 2.43 bits per heavy atom. The van der Waals surface area contributed by atoms with Crippen LogP contribution in [-0.2, 0) is 9.53 Å². The molecule has 0 bridgehead atoms. The van der Waals surface area contributed by atoms with Gasteiger partial charge in [0.05, 0.1) is 13.0 Å². The van der Waals surface area contributed by atoms with Gasteiger partial charge >= 0.3 is 5.97 Å². The lowest BCUT2D eigenvalue weighted by atomic mass is 10.1. The van der Waals surface area contributed by atoms with Crippen LogP contribution in [0.15, 0.2) is 18.2 Å². The van der Waals surface area contributed by atoms with Crippen LogP contribution in [-0.4, -0.2) is 36.0 Å². The van der Waals surface area contributed by atoms with Gasteiger partial charge in [0.15, 0.2) is 11.6 Å². The summed E-state index contributed by atoms with van der Waals surface area (Å²) >= 11 is 0. The highest BCUT2D eigenvalue weighted by Crippen LogP contribution is 2.13. The minimum atomic E-state index is -1.07. The third kappa shape index (κ3) is 4.81. The zero-order valence-corrected chi connectivity index (χ0v) is 12.4. The van der Waals surface area contributed by atoms with Gasteiger partial charge in [-0.3, -0.25) is 9.59 Å². The number of amides is 1. The minimum absolute atomic E-state index is 0.0476. The second kappa shape index (κ2) is 7.71. The van der Waals surface area contributed by atoms with E-state index in [2.05, 4.69) is 0 Å². The average molecular weight is 299 g/mol. The summed E-state index contributed by atoms with van der Waals surface area (Å²) in [6, 6.07) is 2.81. The largest absolute Gasteiger partial charge is 0.466 e. The zero-order chi connectivity index (χ0) is 16.0. The number of hydrogen-bond acceptors (Lipinski definition) is 3. The number of rotatable bonds is 6. The number of halogens is 2. The van der Waals surface area contributed by atoms with Crippen molar-refractivity contribution in [3.63, 3.8) is 0 Å². The molecule has 1 rings (SSSR count). The first-order valence-corrected chi connectivity index (χ1v) is 6.78. The van der Waals surface area contributed by atoms with Crippen LogP contribution in [0.5, 0.6) is 0 Å². The van der Waals surface area contributed by atoms with Gasteiger partial charge in [0.1, 0.15) is 0 Å². The first kappa shape index (κ1) is 17.1. The Kier molecular flexibility index (Phi) is 6.27. The molecule has 6 heteroatoms. The van der Waals surface area contributed by atoms with E-state index in [1.807, 2.05) is 0 Å². The lowest BCUT2D eigenvalue weighted by molar-refractivity contribution is -0.143. The lowest BCUT2D eigenvalue weighted by Gasteiger charge is -2.26. The molecular formula is C15H19F2NO3. The molecule has 1 aromatic rings. The Labute approximate surface area is 122 Å². The highest BCUT2D eigenvalue weighted by Gasteiger charge is 2.21. The quantitative estimate of drug-likeness (QED) is 0.759. The van der Waals surface area contributed by atoms with Crippen LogP contribution >= 0.6 is 0 Å². The Morgan fingerprint density at radius 1 is 1.24 bits per heavy atom. The number of ether oxygens (including phenoxy) is 1. The molecule has 0 saturated carbocycles. The van der Waals surface area contributed by atoms with E-state index >= 15 is 0 Å². The van der Waals surface area contributed by atoms with Crippen LogP contribution < -0.4 is 0 Å².